The molecule has 7 heteroatoms. The fourth-order valence-electron chi connectivity index (χ4n) is 2.19. The minimum Gasteiger partial charge on any atom is -0.341 e. The Balaban J connectivity index is 1.71. The zero-order chi connectivity index (χ0) is 16.2. The molecule has 1 fully saturated rings. The molecular formula is C15H24N4O2S. The third-order valence-corrected chi connectivity index (χ3v) is 4.43. The largest absolute Gasteiger partial charge is 0.341 e. The first kappa shape index (κ1) is 16.7. The Hall–Kier alpha value is -1.63. The first-order chi connectivity index (χ1) is 10.4. The van der Waals surface area contributed by atoms with Crippen LogP contribution in [0.1, 0.15) is 44.3 Å². The average molecular weight is 324 g/mol. The van der Waals surface area contributed by atoms with Crippen LogP contribution in [0, 0.1) is 0 Å². The molecule has 1 aromatic rings. The third kappa shape index (κ3) is 4.69. The van der Waals surface area contributed by atoms with Crippen LogP contribution in [0.25, 0.3) is 0 Å². The molecule has 0 spiro atoms. The van der Waals surface area contributed by atoms with Crippen LogP contribution in [0.2, 0.25) is 0 Å². The van der Waals surface area contributed by atoms with Gasteiger partial charge in [0.15, 0.2) is 0 Å². The maximum absolute atomic E-state index is 11.8. The third-order valence-electron chi connectivity index (χ3n) is 3.58. The molecule has 0 saturated carbocycles. The molecule has 0 bridgehead atoms. The predicted molar refractivity (Wildman–Crippen MR) is 86.9 cm³/mol. The van der Waals surface area contributed by atoms with Crippen LogP contribution in [-0.2, 0) is 16.8 Å². The minimum absolute atomic E-state index is 0.0131. The van der Waals surface area contributed by atoms with Crippen molar-refractivity contribution in [2.75, 3.05) is 19.6 Å². The van der Waals surface area contributed by atoms with E-state index in [0.29, 0.717) is 6.54 Å². The number of nitrogens with one attached hydrogen (secondary N) is 2. The van der Waals surface area contributed by atoms with Crippen LogP contribution in [-0.4, -0.2) is 41.5 Å². The molecule has 2 N–H and O–H groups in total. The van der Waals surface area contributed by atoms with Crippen LogP contribution < -0.4 is 10.6 Å². The van der Waals surface area contributed by atoms with Crippen molar-refractivity contribution in [1.82, 2.24) is 20.5 Å². The summed E-state index contributed by atoms with van der Waals surface area (Å²) in [4.78, 5) is 29.8. The van der Waals surface area contributed by atoms with Crippen molar-refractivity contribution >= 4 is 23.3 Å². The second-order valence-electron chi connectivity index (χ2n) is 6.50. The van der Waals surface area contributed by atoms with E-state index in [-0.39, 0.29) is 23.9 Å². The Bertz CT molecular complexity index is 530. The zero-order valence-corrected chi connectivity index (χ0v) is 14.3. The fraction of sp³-hybridized carbons (Fsp3) is 0.667. The summed E-state index contributed by atoms with van der Waals surface area (Å²) in [6, 6.07) is -0.333. The number of hydrogen-bond donors (Lipinski definition) is 2. The maximum Gasteiger partial charge on any atom is 0.315 e. The van der Waals surface area contributed by atoms with E-state index < -0.39 is 0 Å². The number of carbonyl (C=O) groups is 2. The summed E-state index contributed by atoms with van der Waals surface area (Å²) < 4.78 is 0. The number of nitrogens with zero attached hydrogens (tertiary/aromatic N) is 2. The monoisotopic (exact) mass is 324 g/mol. The molecule has 0 unspecified atom stereocenters. The predicted octanol–water partition coefficient (Wildman–Crippen LogP) is 1.86. The normalized spacial score (nSPS) is 15.0. The summed E-state index contributed by atoms with van der Waals surface area (Å²) in [6.45, 7) is 8.36. The first-order valence-corrected chi connectivity index (χ1v) is 8.48. The molecule has 0 atom stereocenters. The van der Waals surface area contributed by atoms with Gasteiger partial charge in [0.05, 0.1) is 18.8 Å². The average Bonchev–Trinajstić information content (AvgIpc) is 3.12. The summed E-state index contributed by atoms with van der Waals surface area (Å²) in [5.74, 6) is -0.0167. The molecule has 122 valence electrons. The number of urea groups is 1. The molecule has 2 rings (SSSR count). The molecule has 0 radical (unpaired) electrons. The van der Waals surface area contributed by atoms with E-state index in [0.717, 1.165) is 36.6 Å². The molecule has 2 heterocycles. The van der Waals surface area contributed by atoms with Crippen LogP contribution in [0.3, 0.4) is 0 Å². The van der Waals surface area contributed by atoms with E-state index in [4.69, 9.17) is 0 Å². The lowest BCUT2D eigenvalue weighted by Crippen LogP contribution is -2.42. The van der Waals surface area contributed by atoms with E-state index in [1.165, 1.54) is 11.3 Å². The zero-order valence-electron chi connectivity index (χ0n) is 13.4. The smallest absolute Gasteiger partial charge is 0.315 e. The van der Waals surface area contributed by atoms with E-state index in [2.05, 4.69) is 36.4 Å². The SMILES string of the molecule is CC(C)(C)c1csc(CNC(=O)NCC(=O)N2CCCC2)n1. The van der Waals surface area contributed by atoms with Gasteiger partial charge >= 0.3 is 6.03 Å². The number of thiazole rings is 1. The molecule has 3 amide bonds. The Morgan fingerprint density at radius 3 is 2.55 bits per heavy atom. The van der Waals surface area contributed by atoms with Crippen molar-refractivity contribution in [3.8, 4) is 0 Å². The number of amides is 3. The van der Waals surface area contributed by atoms with Gasteiger partial charge in [-0.15, -0.1) is 11.3 Å². The number of hydrogen-bond acceptors (Lipinski definition) is 4. The van der Waals surface area contributed by atoms with Gasteiger partial charge < -0.3 is 15.5 Å². The second kappa shape index (κ2) is 7.09. The quantitative estimate of drug-likeness (QED) is 0.888. The van der Waals surface area contributed by atoms with Gasteiger partial charge in [0.25, 0.3) is 0 Å². The van der Waals surface area contributed by atoms with Crippen molar-refractivity contribution in [3.05, 3.63) is 16.1 Å². The van der Waals surface area contributed by atoms with Gasteiger partial charge in [0.1, 0.15) is 5.01 Å². The summed E-state index contributed by atoms with van der Waals surface area (Å²) >= 11 is 1.53. The topological polar surface area (TPSA) is 74.3 Å². The van der Waals surface area contributed by atoms with Crippen molar-refractivity contribution in [2.24, 2.45) is 0 Å². The van der Waals surface area contributed by atoms with Gasteiger partial charge in [-0.2, -0.15) is 0 Å². The van der Waals surface area contributed by atoms with Crippen molar-refractivity contribution in [2.45, 2.75) is 45.6 Å². The Labute approximate surface area is 135 Å². The van der Waals surface area contributed by atoms with Crippen LogP contribution >= 0.6 is 11.3 Å². The fourth-order valence-corrected chi connectivity index (χ4v) is 3.15. The number of aromatic nitrogens is 1. The molecule has 6 nitrogen and oxygen atoms in total. The standard InChI is InChI=1S/C15H24N4O2S/c1-15(2,3)11-10-22-12(18-11)8-16-14(21)17-9-13(20)19-6-4-5-7-19/h10H,4-9H2,1-3H3,(H2,16,17,21). The molecule has 1 saturated heterocycles. The number of carbonyl (C=O) groups excluding carboxylic acids is 2. The summed E-state index contributed by atoms with van der Waals surface area (Å²) in [5.41, 5.74) is 1.04. The second-order valence-corrected chi connectivity index (χ2v) is 7.44. The van der Waals surface area contributed by atoms with Crippen molar-refractivity contribution in [1.29, 1.82) is 0 Å². The molecule has 1 aromatic heterocycles. The highest BCUT2D eigenvalue weighted by Gasteiger charge is 2.19. The lowest BCUT2D eigenvalue weighted by Gasteiger charge is -2.15. The highest BCUT2D eigenvalue weighted by atomic mass is 32.1. The lowest BCUT2D eigenvalue weighted by atomic mass is 9.93. The highest BCUT2D eigenvalue weighted by Crippen LogP contribution is 2.23. The van der Waals surface area contributed by atoms with Crippen LogP contribution in [0.15, 0.2) is 5.38 Å². The molecular weight excluding hydrogens is 300 g/mol. The van der Waals surface area contributed by atoms with Gasteiger partial charge in [0.2, 0.25) is 5.91 Å². The molecule has 0 aliphatic carbocycles. The molecule has 22 heavy (non-hydrogen) atoms. The first-order valence-electron chi connectivity index (χ1n) is 7.60. The van der Waals surface area contributed by atoms with E-state index >= 15 is 0 Å². The van der Waals surface area contributed by atoms with Gasteiger partial charge in [0, 0.05) is 23.9 Å². The Kier molecular flexibility index (Phi) is 5.39. The Morgan fingerprint density at radius 1 is 1.27 bits per heavy atom. The summed E-state index contributed by atoms with van der Waals surface area (Å²) in [7, 11) is 0. The van der Waals surface area contributed by atoms with Gasteiger partial charge in [-0.25, -0.2) is 9.78 Å². The lowest BCUT2D eigenvalue weighted by molar-refractivity contribution is -0.128. The number of rotatable bonds is 4. The van der Waals surface area contributed by atoms with E-state index in [9.17, 15) is 9.59 Å². The van der Waals surface area contributed by atoms with Crippen LogP contribution in [0.5, 0.6) is 0 Å². The van der Waals surface area contributed by atoms with Crippen molar-refractivity contribution < 1.29 is 9.59 Å². The van der Waals surface area contributed by atoms with Gasteiger partial charge in [-0.05, 0) is 12.8 Å². The van der Waals surface area contributed by atoms with E-state index in [1.807, 2.05) is 5.38 Å². The van der Waals surface area contributed by atoms with Gasteiger partial charge in [-0.3, -0.25) is 4.79 Å². The minimum atomic E-state index is -0.333. The van der Waals surface area contributed by atoms with E-state index in [1.54, 1.807) is 4.90 Å². The van der Waals surface area contributed by atoms with Gasteiger partial charge in [-0.1, -0.05) is 20.8 Å². The Morgan fingerprint density at radius 2 is 1.95 bits per heavy atom. The highest BCUT2D eigenvalue weighted by molar-refractivity contribution is 7.09. The van der Waals surface area contributed by atoms with Crippen LogP contribution in [0.4, 0.5) is 4.79 Å². The molecule has 0 aromatic carbocycles. The maximum atomic E-state index is 11.8. The summed E-state index contributed by atoms with van der Waals surface area (Å²) in [5, 5.41) is 8.23. The number of likely N-dealkylation sites (tertiary alicyclic amines) is 1. The van der Waals surface area contributed by atoms with Crippen molar-refractivity contribution in [3.63, 3.8) is 0 Å². The summed E-state index contributed by atoms with van der Waals surface area (Å²) in [6.07, 6.45) is 2.11. The molecule has 1 aliphatic heterocycles. The molecule has 1 aliphatic rings.